The number of hydrazine groups is 1. The van der Waals surface area contributed by atoms with Gasteiger partial charge in [-0.2, -0.15) is 0 Å². The monoisotopic (exact) mass is 541 g/mol. The van der Waals surface area contributed by atoms with E-state index >= 15 is 0 Å². The summed E-state index contributed by atoms with van der Waals surface area (Å²) in [6.07, 6.45) is 12.7. The van der Waals surface area contributed by atoms with E-state index in [0.29, 0.717) is 17.8 Å². The van der Waals surface area contributed by atoms with Crippen molar-refractivity contribution in [2.75, 3.05) is 0 Å². The van der Waals surface area contributed by atoms with Gasteiger partial charge >= 0.3 is 0 Å². The molecule has 0 unspecified atom stereocenters. The van der Waals surface area contributed by atoms with E-state index in [1.165, 1.54) is 29.4 Å². The Bertz CT molecular complexity index is 1430. The molecule has 3 fully saturated rings. The molecule has 3 saturated carbocycles. The summed E-state index contributed by atoms with van der Waals surface area (Å²) in [6.45, 7) is 17.8. The summed E-state index contributed by atoms with van der Waals surface area (Å²) in [7, 11) is 0. The van der Waals surface area contributed by atoms with Gasteiger partial charge in [-0.05, 0) is 109 Å². The number of amides is 1. The molecule has 5 aliphatic rings. The number of allylic oxidation sites excluding steroid dienone is 2. The van der Waals surface area contributed by atoms with Gasteiger partial charge < -0.3 is 4.98 Å². The summed E-state index contributed by atoms with van der Waals surface area (Å²) in [5, 5.41) is 1.43. The fraction of sp³-hybridized carbons (Fsp3) is 0.694. The molecule has 5 aliphatic carbocycles. The number of benzene rings is 1. The van der Waals surface area contributed by atoms with Crippen LogP contribution in [-0.4, -0.2) is 10.9 Å². The van der Waals surface area contributed by atoms with Crippen molar-refractivity contribution in [1.82, 2.24) is 10.4 Å². The maximum absolute atomic E-state index is 13.5. The van der Waals surface area contributed by atoms with Crippen LogP contribution >= 0.6 is 0 Å². The van der Waals surface area contributed by atoms with Crippen molar-refractivity contribution in [3.8, 4) is 0 Å². The minimum absolute atomic E-state index is 0.0831. The number of fused-ring (bicyclic) bond motifs is 10. The molecular weight excluding hydrogens is 490 g/mol. The number of hydrogen-bond donors (Lipinski definition) is 3. The number of nitrogens with two attached hydrogens (primary N) is 1. The number of para-hydroxylation sites is 1. The van der Waals surface area contributed by atoms with Crippen molar-refractivity contribution in [3.63, 3.8) is 0 Å². The third kappa shape index (κ3) is 3.10. The first-order valence-corrected chi connectivity index (χ1v) is 16.1. The number of carbonyl (C=O) groups excluding carboxylic acids is 1. The molecule has 1 aromatic carbocycles. The number of carbonyl (C=O) groups is 1. The average Bonchev–Trinajstić information content (AvgIpc) is 3.27. The first kappa shape index (κ1) is 26.8. The van der Waals surface area contributed by atoms with E-state index in [0.717, 1.165) is 44.9 Å². The summed E-state index contributed by atoms with van der Waals surface area (Å²) < 4.78 is 0. The Hall–Kier alpha value is -2.07. The zero-order valence-corrected chi connectivity index (χ0v) is 26.0. The summed E-state index contributed by atoms with van der Waals surface area (Å²) >= 11 is 0. The summed E-state index contributed by atoms with van der Waals surface area (Å²) in [4.78, 5) is 17.4. The van der Waals surface area contributed by atoms with E-state index in [-0.39, 0.29) is 38.4 Å². The smallest absolute Gasteiger partial charge is 0.240 e. The SMILES string of the molecule is CC1(C)CC[C@]2(C(=O)NN)CC[C@]3(C)C(=CC[C@@H]4[C@@]5(C)Cc6c([nH]c7ccccc67)C(C)(C)[C@@H]5CC[C@]43C)[C@@H]2C1. The molecule has 216 valence electrons. The molecule has 2 aromatic rings. The van der Waals surface area contributed by atoms with Crippen molar-refractivity contribution in [3.05, 3.63) is 47.2 Å². The summed E-state index contributed by atoms with van der Waals surface area (Å²) in [6, 6.07) is 8.96. The van der Waals surface area contributed by atoms with E-state index in [2.05, 4.69) is 89.2 Å². The Balaban J connectivity index is 1.36. The molecule has 1 amide bonds. The van der Waals surface area contributed by atoms with Crippen LogP contribution in [0, 0.1) is 44.8 Å². The Morgan fingerprint density at radius 2 is 1.68 bits per heavy atom. The Morgan fingerprint density at radius 3 is 2.42 bits per heavy atom. The maximum Gasteiger partial charge on any atom is 0.240 e. The Labute approximate surface area is 241 Å². The first-order valence-electron chi connectivity index (χ1n) is 16.1. The molecule has 4 nitrogen and oxygen atoms in total. The Kier molecular flexibility index (Phi) is 5.40. The standard InChI is InChI=1S/C36H51N3O/c1-31(2)16-18-36(30(40)39-37)19-17-34(6)24(25(36)21-31)12-13-28-33(5)20-23-22-10-8-9-11-26(22)38-29(23)32(3,4)27(33)14-15-35(28,34)7/h8-12,25,27-28,38H,13-21,37H2,1-7H3,(H,39,40)/t25-,27-,28+,33-,34+,35+,36-/m0/s1. The molecule has 7 atom stereocenters. The van der Waals surface area contributed by atoms with Gasteiger partial charge in [-0.3, -0.25) is 10.2 Å². The predicted molar refractivity (Wildman–Crippen MR) is 163 cm³/mol. The van der Waals surface area contributed by atoms with Gasteiger partial charge in [-0.1, -0.05) is 78.3 Å². The van der Waals surface area contributed by atoms with Crippen molar-refractivity contribution in [2.24, 2.45) is 50.7 Å². The second kappa shape index (κ2) is 8.06. The zero-order chi connectivity index (χ0) is 28.5. The van der Waals surface area contributed by atoms with Gasteiger partial charge in [0.05, 0.1) is 5.41 Å². The molecule has 7 rings (SSSR count). The molecule has 1 heterocycles. The van der Waals surface area contributed by atoms with Crippen LogP contribution in [0.5, 0.6) is 0 Å². The number of nitrogens with one attached hydrogen (secondary N) is 2. The van der Waals surface area contributed by atoms with Gasteiger partial charge in [-0.25, -0.2) is 5.84 Å². The molecule has 0 spiro atoms. The summed E-state index contributed by atoms with van der Waals surface area (Å²) in [5.41, 5.74) is 9.18. The fourth-order valence-electron chi connectivity index (χ4n) is 12.1. The van der Waals surface area contributed by atoms with Crippen molar-refractivity contribution >= 4 is 16.8 Å². The van der Waals surface area contributed by atoms with Gasteiger partial charge in [0.1, 0.15) is 0 Å². The van der Waals surface area contributed by atoms with Gasteiger partial charge in [0.25, 0.3) is 0 Å². The lowest BCUT2D eigenvalue weighted by atomic mass is 9.33. The molecule has 1 aromatic heterocycles. The highest BCUT2D eigenvalue weighted by Crippen LogP contribution is 2.75. The molecule has 0 saturated heterocycles. The second-order valence-electron chi connectivity index (χ2n) is 16.8. The highest BCUT2D eigenvalue weighted by Gasteiger charge is 2.69. The van der Waals surface area contributed by atoms with Crippen LogP contribution in [0.1, 0.15) is 111 Å². The predicted octanol–water partition coefficient (Wildman–Crippen LogP) is 7.97. The number of H-pyrrole nitrogens is 1. The van der Waals surface area contributed by atoms with Gasteiger partial charge in [-0.15, -0.1) is 0 Å². The average molecular weight is 542 g/mol. The third-order valence-corrected chi connectivity index (χ3v) is 14.4. The molecule has 0 bridgehead atoms. The van der Waals surface area contributed by atoms with E-state index < -0.39 is 0 Å². The fourth-order valence-corrected chi connectivity index (χ4v) is 12.1. The van der Waals surface area contributed by atoms with Crippen LogP contribution in [-0.2, 0) is 16.6 Å². The van der Waals surface area contributed by atoms with E-state index in [1.54, 1.807) is 11.1 Å². The van der Waals surface area contributed by atoms with Gasteiger partial charge in [0.15, 0.2) is 0 Å². The molecule has 4 heteroatoms. The zero-order valence-electron chi connectivity index (χ0n) is 26.0. The summed E-state index contributed by atoms with van der Waals surface area (Å²) in [5.74, 6) is 7.52. The minimum Gasteiger partial charge on any atom is -0.358 e. The van der Waals surface area contributed by atoms with Gasteiger partial charge in [0, 0.05) is 22.0 Å². The van der Waals surface area contributed by atoms with Crippen molar-refractivity contribution in [1.29, 1.82) is 0 Å². The molecule has 4 N–H and O–H groups in total. The topological polar surface area (TPSA) is 70.9 Å². The normalized spacial score (nSPS) is 42.9. The van der Waals surface area contributed by atoms with Crippen LogP contribution < -0.4 is 11.3 Å². The lowest BCUT2D eigenvalue weighted by Crippen LogP contribution is -2.65. The quantitative estimate of drug-likeness (QED) is 0.148. The van der Waals surface area contributed by atoms with Crippen molar-refractivity contribution < 1.29 is 4.79 Å². The lowest BCUT2D eigenvalue weighted by molar-refractivity contribution is -0.167. The number of aromatic nitrogens is 1. The molecular formula is C36H51N3O. The van der Waals surface area contributed by atoms with Crippen LogP contribution in [0.2, 0.25) is 0 Å². The number of hydrogen-bond acceptors (Lipinski definition) is 2. The third-order valence-electron chi connectivity index (χ3n) is 14.4. The molecule has 0 aliphatic heterocycles. The highest BCUT2D eigenvalue weighted by molar-refractivity contribution is 5.86. The number of rotatable bonds is 1. The van der Waals surface area contributed by atoms with E-state index in [1.807, 2.05) is 0 Å². The molecule has 40 heavy (non-hydrogen) atoms. The van der Waals surface area contributed by atoms with Crippen LogP contribution in [0.3, 0.4) is 0 Å². The first-order chi connectivity index (χ1) is 18.7. The largest absolute Gasteiger partial charge is 0.358 e. The van der Waals surface area contributed by atoms with E-state index in [4.69, 9.17) is 5.84 Å². The number of aromatic amines is 1. The van der Waals surface area contributed by atoms with Crippen LogP contribution in [0.15, 0.2) is 35.9 Å². The Morgan fingerprint density at radius 1 is 0.950 bits per heavy atom. The minimum atomic E-state index is -0.342. The lowest BCUT2D eigenvalue weighted by Gasteiger charge is -2.70. The van der Waals surface area contributed by atoms with Crippen LogP contribution in [0.4, 0.5) is 0 Å². The maximum atomic E-state index is 13.5. The van der Waals surface area contributed by atoms with E-state index in [9.17, 15) is 4.79 Å². The van der Waals surface area contributed by atoms with Crippen LogP contribution in [0.25, 0.3) is 10.9 Å². The van der Waals surface area contributed by atoms with Crippen molar-refractivity contribution in [2.45, 2.75) is 112 Å². The second-order valence-corrected chi connectivity index (χ2v) is 16.8. The molecule has 0 radical (unpaired) electrons. The van der Waals surface area contributed by atoms with Gasteiger partial charge in [0.2, 0.25) is 5.91 Å². The highest BCUT2D eigenvalue weighted by atomic mass is 16.2.